The van der Waals surface area contributed by atoms with Crippen molar-refractivity contribution >= 4 is 16.8 Å². The van der Waals surface area contributed by atoms with E-state index in [0.717, 1.165) is 19.5 Å². The van der Waals surface area contributed by atoms with Crippen molar-refractivity contribution in [1.29, 1.82) is 0 Å². The summed E-state index contributed by atoms with van der Waals surface area (Å²) in [6, 6.07) is 8.19. The van der Waals surface area contributed by atoms with Crippen LogP contribution >= 0.6 is 11.6 Å². The van der Waals surface area contributed by atoms with Crippen molar-refractivity contribution in [3.05, 3.63) is 35.4 Å². The highest BCUT2D eigenvalue weighted by Gasteiger charge is 2.23. The molecular weight excluding hydrogens is 210 g/mol. The van der Waals surface area contributed by atoms with Gasteiger partial charge in [-0.25, -0.2) is 0 Å². The molecule has 1 heterocycles. The first-order valence-electron chi connectivity index (χ1n) is 5.18. The van der Waals surface area contributed by atoms with Gasteiger partial charge in [0, 0.05) is 13.1 Å². The number of fused-ring (bicyclic) bond motifs is 1. The van der Waals surface area contributed by atoms with Crippen LogP contribution in [0.4, 0.5) is 0 Å². The van der Waals surface area contributed by atoms with E-state index in [1.165, 1.54) is 11.1 Å². The quantitative estimate of drug-likeness (QED) is 0.717. The minimum atomic E-state index is -0.269. The molecule has 2 nitrogen and oxygen atoms in total. The molecule has 1 unspecified atom stereocenters. The van der Waals surface area contributed by atoms with E-state index >= 15 is 0 Å². The van der Waals surface area contributed by atoms with E-state index < -0.39 is 0 Å². The highest BCUT2D eigenvalue weighted by atomic mass is 35.5. The lowest BCUT2D eigenvalue weighted by Gasteiger charge is -2.31. The Kier molecular flexibility index (Phi) is 3.08. The lowest BCUT2D eigenvalue weighted by Crippen LogP contribution is -2.40. The molecule has 0 spiro atoms. The van der Waals surface area contributed by atoms with E-state index in [1.54, 1.807) is 0 Å². The van der Waals surface area contributed by atoms with Gasteiger partial charge in [0.1, 0.15) is 0 Å². The molecule has 0 fully saturated rings. The SMILES string of the molecule is CC(C(=O)Cl)N1CCc2ccccc2C1. The summed E-state index contributed by atoms with van der Waals surface area (Å²) in [5.74, 6) is 0. The summed E-state index contributed by atoms with van der Waals surface area (Å²) in [5.41, 5.74) is 2.71. The molecule has 3 heteroatoms. The lowest BCUT2D eigenvalue weighted by molar-refractivity contribution is -0.116. The molecule has 0 aliphatic carbocycles. The predicted molar refractivity (Wildman–Crippen MR) is 60.9 cm³/mol. The number of rotatable bonds is 2. The van der Waals surface area contributed by atoms with Crippen LogP contribution in [0, 0.1) is 0 Å². The topological polar surface area (TPSA) is 20.3 Å². The zero-order chi connectivity index (χ0) is 10.8. The third kappa shape index (κ3) is 2.21. The maximum absolute atomic E-state index is 11.1. The molecule has 0 aromatic heterocycles. The summed E-state index contributed by atoms with van der Waals surface area (Å²) in [4.78, 5) is 13.2. The molecule has 0 saturated carbocycles. The van der Waals surface area contributed by atoms with Crippen LogP contribution in [0.25, 0.3) is 0 Å². The minimum absolute atomic E-state index is 0.181. The standard InChI is InChI=1S/C12H14ClNO/c1-9(12(13)15)14-7-6-10-4-2-3-5-11(10)8-14/h2-5,9H,6-8H2,1H3. The Morgan fingerprint density at radius 1 is 1.40 bits per heavy atom. The van der Waals surface area contributed by atoms with Gasteiger partial charge in [0.2, 0.25) is 5.24 Å². The average Bonchev–Trinajstić information content (AvgIpc) is 2.27. The molecule has 1 aromatic rings. The van der Waals surface area contributed by atoms with Crippen LogP contribution in [0.1, 0.15) is 18.1 Å². The molecule has 0 amide bonds. The maximum Gasteiger partial charge on any atom is 0.238 e. The van der Waals surface area contributed by atoms with Crippen molar-refractivity contribution in [2.45, 2.75) is 25.9 Å². The molecule has 0 saturated heterocycles. The van der Waals surface area contributed by atoms with Crippen molar-refractivity contribution < 1.29 is 4.79 Å². The van der Waals surface area contributed by atoms with E-state index in [1.807, 2.05) is 13.0 Å². The van der Waals surface area contributed by atoms with E-state index in [0.29, 0.717) is 0 Å². The minimum Gasteiger partial charge on any atom is -0.288 e. The monoisotopic (exact) mass is 223 g/mol. The Bertz CT molecular complexity index is 378. The number of carbonyl (C=O) groups excluding carboxylic acids is 1. The van der Waals surface area contributed by atoms with Gasteiger partial charge in [-0.05, 0) is 36.1 Å². The Balaban J connectivity index is 2.15. The summed E-state index contributed by atoms with van der Waals surface area (Å²) in [7, 11) is 0. The molecule has 0 radical (unpaired) electrons. The summed E-state index contributed by atoms with van der Waals surface area (Å²) >= 11 is 5.51. The van der Waals surface area contributed by atoms with Gasteiger partial charge in [-0.2, -0.15) is 0 Å². The summed E-state index contributed by atoms with van der Waals surface area (Å²) in [6.45, 7) is 3.61. The Morgan fingerprint density at radius 2 is 2.07 bits per heavy atom. The fourth-order valence-corrected chi connectivity index (χ4v) is 2.13. The lowest BCUT2D eigenvalue weighted by atomic mass is 9.99. The van der Waals surface area contributed by atoms with Crippen LogP contribution in [0.15, 0.2) is 24.3 Å². The predicted octanol–water partition coefficient (Wildman–Crippen LogP) is 2.20. The van der Waals surface area contributed by atoms with Gasteiger partial charge in [-0.1, -0.05) is 24.3 Å². The molecule has 1 aromatic carbocycles. The van der Waals surface area contributed by atoms with Crippen LogP contribution < -0.4 is 0 Å². The first-order chi connectivity index (χ1) is 7.18. The number of carbonyl (C=O) groups is 1. The molecule has 2 rings (SSSR count). The molecule has 15 heavy (non-hydrogen) atoms. The van der Waals surface area contributed by atoms with E-state index in [9.17, 15) is 4.79 Å². The maximum atomic E-state index is 11.1. The molecule has 1 atom stereocenters. The van der Waals surface area contributed by atoms with Crippen LogP contribution in [0.2, 0.25) is 0 Å². The smallest absolute Gasteiger partial charge is 0.238 e. The first-order valence-corrected chi connectivity index (χ1v) is 5.56. The van der Waals surface area contributed by atoms with Gasteiger partial charge in [-0.15, -0.1) is 0 Å². The highest BCUT2D eigenvalue weighted by molar-refractivity contribution is 6.64. The fraction of sp³-hybridized carbons (Fsp3) is 0.417. The zero-order valence-corrected chi connectivity index (χ0v) is 9.50. The number of benzene rings is 1. The largest absolute Gasteiger partial charge is 0.288 e. The summed E-state index contributed by atoms with van der Waals surface area (Å²) in [5, 5.41) is -0.269. The van der Waals surface area contributed by atoms with Crippen molar-refractivity contribution in [2.75, 3.05) is 6.54 Å². The van der Waals surface area contributed by atoms with Gasteiger partial charge >= 0.3 is 0 Å². The van der Waals surface area contributed by atoms with Crippen molar-refractivity contribution in [1.82, 2.24) is 4.90 Å². The van der Waals surface area contributed by atoms with Crippen LogP contribution in [0.5, 0.6) is 0 Å². The van der Waals surface area contributed by atoms with Crippen LogP contribution in [-0.2, 0) is 17.8 Å². The highest BCUT2D eigenvalue weighted by Crippen LogP contribution is 2.20. The second-order valence-electron chi connectivity index (χ2n) is 3.97. The molecule has 1 aliphatic heterocycles. The summed E-state index contributed by atoms with van der Waals surface area (Å²) < 4.78 is 0. The molecule has 1 aliphatic rings. The molecular formula is C12H14ClNO. The third-order valence-electron chi connectivity index (χ3n) is 3.04. The van der Waals surface area contributed by atoms with Crippen molar-refractivity contribution in [3.63, 3.8) is 0 Å². The molecule has 0 N–H and O–H groups in total. The number of nitrogens with zero attached hydrogens (tertiary/aromatic N) is 1. The van der Waals surface area contributed by atoms with Gasteiger partial charge < -0.3 is 0 Å². The third-order valence-corrected chi connectivity index (χ3v) is 3.35. The van der Waals surface area contributed by atoms with Gasteiger partial charge in [-0.3, -0.25) is 9.69 Å². The summed E-state index contributed by atoms with van der Waals surface area (Å²) in [6.07, 6.45) is 1.00. The Labute approximate surface area is 94.8 Å². The molecule has 80 valence electrons. The first kappa shape index (κ1) is 10.7. The van der Waals surface area contributed by atoms with Crippen molar-refractivity contribution in [2.24, 2.45) is 0 Å². The number of hydrogen-bond donors (Lipinski definition) is 0. The number of halogens is 1. The average molecular weight is 224 g/mol. The van der Waals surface area contributed by atoms with E-state index in [4.69, 9.17) is 11.6 Å². The van der Waals surface area contributed by atoms with E-state index in [-0.39, 0.29) is 11.3 Å². The fourth-order valence-electron chi connectivity index (χ4n) is 1.99. The van der Waals surface area contributed by atoms with Gasteiger partial charge in [0.05, 0.1) is 6.04 Å². The van der Waals surface area contributed by atoms with E-state index in [2.05, 4.69) is 23.1 Å². The van der Waals surface area contributed by atoms with Crippen molar-refractivity contribution in [3.8, 4) is 0 Å². The second-order valence-corrected chi connectivity index (χ2v) is 4.34. The van der Waals surface area contributed by atoms with Crippen LogP contribution in [0.3, 0.4) is 0 Å². The second kappa shape index (κ2) is 4.33. The normalized spacial score (nSPS) is 18.3. The Morgan fingerprint density at radius 3 is 2.73 bits per heavy atom. The molecule has 0 bridgehead atoms. The van der Waals surface area contributed by atoms with Gasteiger partial charge in [0.15, 0.2) is 0 Å². The number of hydrogen-bond acceptors (Lipinski definition) is 2. The van der Waals surface area contributed by atoms with Gasteiger partial charge in [0.25, 0.3) is 0 Å². The Hall–Kier alpha value is -0.860. The van der Waals surface area contributed by atoms with Crippen LogP contribution in [-0.4, -0.2) is 22.7 Å². The zero-order valence-electron chi connectivity index (χ0n) is 8.74.